The van der Waals surface area contributed by atoms with Gasteiger partial charge in [0.05, 0.1) is 0 Å². The number of rotatable bonds is 1. The van der Waals surface area contributed by atoms with Gasteiger partial charge in [-0.1, -0.05) is 0 Å². The van der Waals surface area contributed by atoms with Crippen LogP contribution < -0.4 is 4.90 Å². The molecule has 4 heteroatoms. The Labute approximate surface area is 87.6 Å². The van der Waals surface area contributed by atoms with E-state index in [9.17, 15) is 0 Å². The van der Waals surface area contributed by atoms with Gasteiger partial charge < -0.3 is 4.90 Å². The molecule has 0 spiro atoms. The molecule has 1 aliphatic heterocycles. The van der Waals surface area contributed by atoms with Gasteiger partial charge >= 0.3 is 0 Å². The van der Waals surface area contributed by atoms with E-state index in [1.165, 1.54) is 5.56 Å². The first kappa shape index (κ1) is 8.35. The van der Waals surface area contributed by atoms with Crippen LogP contribution in [0.2, 0.25) is 0 Å². The van der Waals surface area contributed by atoms with E-state index < -0.39 is 0 Å². The molecule has 3 rings (SSSR count). The number of anilines is 2. The normalized spacial score (nSPS) is 14.0. The van der Waals surface area contributed by atoms with Gasteiger partial charge in [-0.2, -0.15) is 0 Å². The average molecular weight is 198 g/mol. The van der Waals surface area contributed by atoms with Gasteiger partial charge in [0.15, 0.2) is 0 Å². The van der Waals surface area contributed by atoms with Crippen LogP contribution in [0.1, 0.15) is 5.56 Å². The molecule has 0 radical (unpaired) electrons. The maximum atomic E-state index is 4.31. The summed E-state index contributed by atoms with van der Waals surface area (Å²) in [5, 5.41) is 0. The molecule has 0 fully saturated rings. The highest BCUT2D eigenvalue weighted by atomic mass is 15.2. The monoisotopic (exact) mass is 198 g/mol. The second-order valence-corrected chi connectivity index (χ2v) is 3.48. The third-order valence-electron chi connectivity index (χ3n) is 2.60. The van der Waals surface area contributed by atoms with E-state index in [0.29, 0.717) is 0 Å². The highest BCUT2D eigenvalue weighted by Gasteiger charge is 2.21. The summed E-state index contributed by atoms with van der Waals surface area (Å²) in [6.45, 7) is 0.970. The van der Waals surface area contributed by atoms with Crippen LogP contribution in [0.3, 0.4) is 0 Å². The topological polar surface area (TPSA) is 41.9 Å². The summed E-state index contributed by atoms with van der Waals surface area (Å²) in [6.07, 6.45) is 8.10. The highest BCUT2D eigenvalue weighted by Crippen LogP contribution is 2.30. The highest BCUT2D eigenvalue weighted by molar-refractivity contribution is 5.65. The van der Waals surface area contributed by atoms with Crippen molar-refractivity contribution in [2.45, 2.75) is 6.42 Å². The Bertz CT molecular complexity index is 469. The zero-order valence-electron chi connectivity index (χ0n) is 8.17. The summed E-state index contributed by atoms with van der Waals surface area (Å²) < 4.78 is 0. The van der Waals surface area contributed by atoms with Gasteiger partial charge in [0.25, 0.3) is 0 Å². The van der Waals surface area contributed by atoms with Crippen molar-refractivity contribution in [2.75, 3.05) is 11.4 Å². The van der Waals surface area contributed by atoms with E-state index in [2.05, 4.69) is 19.9 Å². The van der Waals surface area contributed by atoms with Gasteiger partial charge in [0.2, 0.25) is 0 Å². The lowest BCUT2D eigenvalue weighted by molar-refractivity contribution is 0.988. The van der Waals surface area contributed by atoms with Crippen LogP contribution in [-0.2, 0) is 6.42 Å². The molecule has 0 amide bonds. The zero-order chi connectivity index (χ0) is 10.1. The maximum Gasteiger partial charge on any atom is 0.139 e. The molecule has 74 valence electrons. The number of nitrogens with zero attached hydrogens (tertiary/aromatic N) is 4. The minimum Gasteiger partial charge on any atom is -0.326 e. The van der Waals surface area contributed by atoms with E-state index in [-0.39, 0.29) is 0 Å². The predicted molar refractivity (Wildman–Crippen MR) is 57.0 cm³/mol. The molecule has 0 N–H and O–H groups in total. The molecular formula is C11H10N4. The van der Waals surface area contributed by atoms with Gasteiger partial charge in [-0.25, -0.2) is 9.97 Å². The van der Waals surface area contributed by atoms with Gasteiger partial charge in [-0.3, -0.25) is 4.98 Å². The molecule has 0 saturated carbocycles. The minimum absolute atomic E-state index is 0.970. The summed E-state index contributed by atoms with van der Waals surface area (Å²) >= 11 is 0. The van der Waals surface area contributed by atoms with Gasteiger partial charge in [-0.15, -0.1) is 0 Å². The Kier molecular flexibility index (Phi) is 1.84. The van der Waals surface area contributed by atoms with Crippen molar-refractivity contribution in [1.82, 2.24) is 15.0 Å². The first-order chi connectivity index (χ1) is 7.45. The first-order valence-corrected chi connectivity index (χ1v) is 4.91. The second kappa shape index (κ2) is 3.31. The largest absolute Gasteiger partial charge is 0.326 e. The second-order valence-electron chi connectivity index (χ2n) is 3.48. The van der Waals surface area contributed by atoms with Crippen molar-refractivity contribution < 1.29 is 0 Å². The van der Waals surface area contributed by atoms with Crippen LogP contribution in [0.5, 0.6) is 0 Å². The molecule has 0 aliphatic carbocycles. The van der Waals surface area contributed by atoms with Gasteiger partial charge in [0.1, 0.15) is 12.1 Å². The molecule has 0 unspecified atom stereocenters. The zero-order valence-corrected chi connectivity index (χ0v) is 8.17. The standard InChI is InChI=1S/C11H10N4/c1-4-12-5-2-10(1)15-6-3-9-7-13-8-14-11(9)15/h1-2,4-5,7-8H,3,6H2. The molecule has 3 heterocycles. The van der Waals surface area contributed by atoms with Crippen LogP contribution >= 0.6 is 0 Å². The minimum atomic E-state index is 0.970. The average Bonchev–Trinajstić information content (AvgIpc) is 2.74. The first-order valence-electron chi connectivity index (χ1n) is 4.91. The van der Waals surface area contributed by atoms with Crippen molar-refractivity contribution in [3.8, 4) is 0 Å². The van der Waals surface area contributed by atoms with Crippen LogP contribution in [0.15, 0.2) is 37.1 Å². The molecule has 4 nitrogen and oxygen atoms in total. The number of pyridine rings is 1. The van der Waals surface area contributed by atoms with Gasteiger partial charge in [-0.05, 0) is 18.6 Å². The third kappa shape index (κ3) is 1.34. The number of fused-ring (bicyclic) bond motifs is 1. The lowest BCUT2D eigenvalue weighted by Gasteiger charge is -2.17. The van der Waals surface area contributed by atoms with E-state index >= 15 is 0 Å². The van der Waals surface area contributed by atoms with Crippen molar-refractivity contribution in [3.63, 3.8) is 0 Å². The molecule has 2 aromatic rings. The van der Waals surface area contributed by atoms with E-state index in [1.807, 2.05) is 18.3 Å². The summed E-state index contributed by atoms with van der Waals surface area (Å²) in [4.78, 5) is 14.6. The lowest BCUT2D eigenvalue weighted by Crippen LogP contribution is -2.14. The Balaban J connectivity index is 2.05. The van der Waals surface area contributed by atoms with Crippen LogP contribution in [0.4, 0.5) is 11.5 Å². The van der Waals surface area contributed by atoms with Crippen LogP contribution in [0.25, 0.3) is 0 Å². The smallest absolute Gasteiger partial charge is 0.139 e. The Morgan fingerprint density at radius 1 is 1.13 bits per heavy atom. The Morgan fingerprint density at radius 2 is 2.00 bits per heavy atom. The Hall–Kier alpha value is -1.97. The van der Waals surface area contributed by atoms with Gasteiger partial charge in [0, 0.05) is 36.4 Å². The number of hydrogen-bond acceptors (Lipinski definition) is 4. The molecule has 0 atom stereocenters. The van der Waals surface area contributed by atoms with Crippen molar-refractivity contribution in [1.29, 1.82) is 0 Å². The summed E-state index contributed by atoms with van der Waals surface area (Å²) in [7, 11) is 0. The molecule has 0 aromatic carbocycles. The van der Waals surface area contributed by atoms with E-state index in [4.69, 9.17) is 0 Å². The van der Waals surface area contributed by atoms with Crippen LogP contribution in [0, 0.1) is 0 Å². The fourth-order valence-electron chi connectivity index (χ4n) is 1.88. The number of hydrogen-bond donors (Lipinski definition) is 0. The predicted octanol–water partition coefficient (Wildman–Crippen LogP) is 1.57. The molecule has 0 bridgehead atoms. The molecular weight excluding hydrogens is 188 g/mol. The molecule has 0 saturated heterocycles. The Morgan fingerprint density at radius 3 is 2.87 bits per heavy atom. The lowest BCUT2D eigenvalue weighted by atomic mass is 10.3. The maximum absolute atomic E-state index is 4.31. The summed E-state index contributed by atoms with van der Waals surface area (Å²) in [5.41, 5.74) is 2.36. The fraction of sp³-hybridized carbons (Fsp3) is 0.182. The number of aromatic nitrogens is 3. The SMILES string of the molecule is c1cc(N2CCc3cncnc32)ccn1. The van der Waals surface area contributed by atoms with E-state index in [0.717, 1.165) is 24.5 Å². The quantitative estimate of drug-likeness (QED) is 0.697. The molecule has 1 aliphatic rings. The van der Waals surface area contributed by atoms with Crippen molar-refractivity contribution >= 4 is 11.5 Å². The molecule has 2 aromatic heterocycles. The van der Waals surface area contributed by atoms with Crippen molar-refractivity contribution in [3.05, 3.63) is 42.6 Å². The van der Waals surface area contributed by atoms with E-state index in [1.54, 1.807) is 18.7 Å². The van der Waals surface area contributed by atoms with Crippen molar-refractivity contribution in [2.24, 2.45) is 0 Å². The summed E-state index contributed by atoms with van der Waals surface area (Å²) in [5.74, 6) is 1.02. The fourth-order valence-corrected chi connectivity index (χ4v) is 1.88. The molecule has 15 heavy (non-hydrogen) atoms. The summed E-state index contributed by atoms with van der Waals surface area (Å²) in [6, 6.07) is 3.99. The third-order valence-corrected chi connectivity index (χ3v) is 2.60. The van der Waals surface area contributed by atoms with Crippen LogP contribution in [-0.4, -0.2) is 21.5 Å².